The van der Waals surface area contributed by atoms with Crippen LogP contribution >= 0.6 is 0 Å². The van der Waals surface area contributed by atoms with Crippen molar-refractivity contribution >= 4 is 17.9 Å². The molecule has 1 aliphatic heterocycles. The van der Waals surface area contributed by atoms with Gasteiger partial charge in [-0.25, -0.2) is 0 Å². The van der Waals surface area contributed by atoms with E-state index in [0.29, 0.717) is 11.3 Å². The van der Waals surface area contributed by atoms with Crippen LogP contribution in [0, 0.1) is 6.92 Å². The van der Waals surface area contributed by atoms with Crippen molar-refractivity contribution in [2.24, 2.45) is 0 Å². The van der Waals surface area contributed by atoms with E-state index in [1.807, 2.05) is 0 Å². The summed E-state index contributed by atoms with van der Waals surface area (Å²) in [4.78, 5) is 35.2. The van der Waals surface area contributed by atoms with Crippen LogP contribution in [0.1, 0.15) is 30.1 Å². The van der Waals surface area contributed by atoms with Crippen LogP contribution in [-0.2, 0) is 9.59 Å². The first kappa shape index (κ1) is 13.9. The van der Waals surface area contributed by atoms with Crippen LogP contribution in [-0.4, -0.2) is 26.8 Å². The molecule has 1 atom stereocenters. The standard InChI is InChI=1S/C13H14N4O3/c1-3-4-5-9-8(2)15-16-17(13(9)20)10-6-7-11(18)14-12(10)19/h3-5,10H,1,6-7H2,2H3,(H,14,18,19)/b5-4-. The van der Waals surface area contributed by atoms with Gasteiger partial charge in [-0.15, -0.1) is 5.10 Å². The van der Waals surface area contributed by atoms with Gasteiger partial charge in [-0.3, -0.25) is 19.7 Å². The zero-order chi connectivity index (χ0) is 14.7. The van der Waals surface area contributed by atoms with Crippen LogP contribution in [0.5, 0.6) is 0 Å². The van der Waals surface area contributed by atoms with Crippen LogP contribution < -0.4 is 10.9 Å². The number of nitrogens with zero attached hydrogens (tertiary/aromatic N) is 3. The molecule has 1 aliphatic rings. The first-order chi connectivity index (χ1) is 9.54. The number of hydrogen-bond donors (Lipinski definition) is 1. The summed E-state index contributed by atoms with van der Waals surface area (Å²) in [6.45, 7) is 5.19. The molecular weight excluding hydrogens is 260 g/mol. The first-order valence-electron chi connectivity index (χ1n) is 6.13. The second kappa shape index (κ2) is 5.60. The van der Waals surface area contributed by atoms with Crippen molar-refractivity contribution in [3.8, 4) is 0 Å². The van der Waals surface area contributed by atoms with Crippen molar-refractivity contribution in [1.82, 2.24) is 20.3 Å². The number of carbonyl (C=O) groups is 2. The average Bonchev–Trinajstić information content (AvgIpc) is 2.40. The van der Waals surface area contributed by atoms with Crippen LogP contribution in [0.4, 0.5) is 0 Å². The lowest BCUT2D eigenvalue weighted by Gasteiger charge is -2.21. The highest BCUT2D eigenvalue weighted by atomic mass is 16.2. The summed E-state index contributed by atoms with van der Waals surface area (Å²) >= 11 is 0. The molecule has 1 aromatic heterocycles. The molecule has 2 rings (SSSR count). The van der Waals surface area contributed by atoms with Crippen molar-refractivity contribution < 1.29 is 9.59 Å². The lowest BCUT2D eigenvalue weighted by atomic mass is 10.1. The molecule has 20 heavy (non-hydrogen) atoms. The Balaban J connectivity index is 2.45. The fourth-order valence-electron chi connectivity index (χ4n) is 1.96. The third-order valence-electron chi connectivity index (χ3n) is 3.02. The zero-order valence-electron chi connectivity index (χ0n) is 11.0. The number of rotatable bonds is 3. The van der Waals surface area contributed by atoms with E-state index in [1.54, 1.807) is 19.1 Å². The second-order valence-electron chi connectivity index (χ2n) is 4.40. The Morgan fingerprint density at radius 3 is 2.80 bits per heavy atom. The number of amides is 2. The van der Waals surface area contributed by atoms with Gasteiger partial charge < -0.3 is 0 Å². The summed E-state index contributed by atoms with van der Waals surface area (Å²) in [6.07, 6.45) is 5.14. The SMILES string of the molecule is C=C/C=C\c1c(C)nnn(C2CCC(=O)NC2=O)c1=O. The number of aromatic nitrogens is 3. The molecule has 7 heteroatoms. The molecule has 1 fully saturated rings. The van der Waals surface area contributed by atoms with E-state index in [9.17, 15) is 14.4 Å². The average molecular weight is 274 g/mol. The van der Waals surface area contributed by atoms with Gasteiger partial charge in [0, 0.05) is 6.42 Å². The van der Waals surface area contributed by atoms with Crippen molar-refractivity contribution in [3.63, 3.8) is 0 Å². The Bertz CT molecular complexity index is 660. The summed E-state index contributed by atoms with van der Waals surface area (Å²) < 4.78 is 1.03. The molecule has 0 aliphatic carbocycles. The van der Waals surface area contributed by atoms with Crippen molar-refractivity contribution in [1.29, 1.82) is 0 Å². The summed E-state index contributed by atoms with van der Waals surface area (Å²) in [5.74, 6) is -0.869. The summed E-state index contributed by atoms with van der Waals surface area (Å²) in [5.41, 5.74) is 0.409. The summed E-state index contributed by atoms with van der Waals surface area (Å²) in [6, 6.07) is -0.802. The molecule has 104 valence electrons. The Hall–Kier alpha value is -2.57. The molecule has 1 N–H and O–H groups in total. The maximum atomic E-state index is 12.3. The second-order valence-corrected chi connectivity index (χ2v) is 4.40. The van der Waals surface area contributed by atoms with Gasteiger partial charge in [-0.2, -0.15) is 4.68 Å². The van der Waals surface area contributed by atoms with Gasteiger partial charge in [0.1, 0.15) is 6.04 Å². The van der Waals surface area contributed by atoms with E-state index in [0.717, 1.165) is 4.68 Å². The third-order valence-corrected chi connectivity index (χ3v) is 3.02. The number of imide groups is 1. The van der Waals surface area contributed by atoms with E-state index in [4.69, 9.17) is 0 Å². The number of hydrogen-bond acceptors (Lipinski definition) is 5. The molecule has 1 saturated heterocycles. The fraction of sp³-hybridized carbons (Fsp3) is 0.308. The van der Waals surface area contributed by atoms with Gasteiger partial charge in [0.15, 0.2) is 0 Å². The fourth-order valence-corrected chi connectivity index (χ4v) is 1.96. The number of allylic oxidation sites excluding steroid dienone is 2. The highest BCUT2D eigenvalue weighted by Crippen LogP contribution is 2.15. The highest BCUT2D eigenvalue weighted by molar-refractivity contribution is 5.99. The van der Waals surface area contributed by atoms with Gasteiger partial charge in [-0.05, 0) is 19.4 Å². The normalized spacial score (nSPS) is 19.1. The largest absolute Gasteiger partial charge is 0.295 e. The first-order valence-corrected chi connectivity index (χ1v) is 6.13. The number of carbonyl (C=O) groups excluding carboxylic acids is 2. The Kier molecular flexibility index (Phi) is 3.88. The van der Waals surface area contributed by atoms with Gasteiger partial charge in [-0.1, -0.05) is 23.9 Å². The molecule has 0 radical (unpaired) electrons. The van der Waals surface area contributed by atoms with E-state index < -0.39 is 17.5 Å². The molecule has 1 unspecified atom stereocenters. The molecule has 1 aromatic rings. The minimum absolute atomic E-state index is 0.177. The molecule has 7 nitrogen and oxygen atoms in total. The van der Waals surface area contributed by atoms with Gasteiger partial charge >= 0.3 is 0 Å². The van der Waals surface area contributed by atoms with Crippen LogP contribution in [0.15, 0.2) is 23.5 Å². The van der Waals surface area contributed by atoms with Crippen LogP contribution in [0.2, 0.25) is 0 Å². The quantitative estimate of drug-likeness (QED) is 0.624. The summed E-state index contributed by atoms with van der Waals surface area (Å²) in [7, 11) is 0. The van der Waals surface area contributed by atoms with Crippen molar-refractivity contribution in [2.75, 3.05) is 0 Å². The molecule has 0 saturated carbocycles. The van der Waals surface area contributed by atoms with Gasteiger partial charge in [0.2, 0.25) is 5.91 Å². The Labute approximate surface area is 115 Å². The summed E-state index contributed by atoms with van der Waals surface area (Å²) in [5, 5.41) is 9.84. The van der Waals surface area contributed by atoms with Crippen molar-refractivity contribution in [3.05, 3.63) is 40.3 Å². The minimum atomic E-state index is -0.802. The molecule has 2 heterocycles. The highest BCUT2D eigenvalue weighted by Gasteiger charge is 2.30. The van der Waals surface area contributed by atoms with E-state index in [-0.39, 0.29) is 18.7 Å². The monoisotopic (exact) mass is 274 g/mol. The number of aryl methyl sites for hydroxylation is 1. The smallest absolute Gasteiger partial charge is 0.278 e. The van der Waals surface area contributed by atoms with Crippen molar-refractivity contribution in [2.45, 2.75) is 25.8 Å². The lowest BCUT2D eigenvalue weighted by molar-refractivity contribution is -0.136. The topological polar surface area (TPSA) is 93.9 Å². The molecule has 0 spiro atoms. The van der Waals surface area contributed by atoms with Crippen LogP contribution in [0.3, 0.4) is 0 Å². The molecule has 0 bridgehead atoms. The maximum absolute atomic E-state index is 12.3. The predicted octanol–water partition coefficient (Wildman–Crippen LogP) is 0.124. The Morgan fingerprint density at radius 1 is 1.40 bits per heavy atom. The maximum Gasteiger partial charge on any atom is 0.278 e. The van der Waals surface area contributed by atoms with Gasteiger partial charge in [0.05, 0.1) is 11.3 Å². The van der Waals surface area contributed by atoms with Gasteiger partial charge in [0.25, 0.3) is 11.5 Å². The number of piperidine rings is 1. The zero-order valence-corrected chi connectivity index (χ0v) is 11.0. The third kappa shape index (κ3) is 2.56. The predicted molar refractivity (Wildman–Crippen MR) is 71.7 cm³/mol. The van der Waals surface area contributed by atoms with E-state index >= 15 is 0 Å². The molecule has 2 amide bonds. The molecule has 0 aromatic carbocycles. The number of nitrogens with one attached hydrogen (secondary N) is 1. The Morgan fingerprint density at radius 2 is 2.15 bits per heavy atom. The molecular formula is C13H14N4O3. The van der Waals surface area contributed by atoms with E-state index in [1.165, 1.54) is 6.08 Å². The minimum Gasteiger partial charge on any atom is -0.295 e. The van der Waals surface area contributed by atoms with Crippen LogP contribution in [0.25, 0.3) is 6.08 Å². The van der Waals surface area contributed by atoms with E-state index in [2.05, 4.69) is 22.2 Å². The lowest BCUT2D eigenvalue weighted by Crippen LogP contribution is -2.45.